The van der Waals surface area contributed by atoms with Crippen molar-refractivity contribution < 1.29 is 19.1 Å². The lowest BCUT2D eigenvalue weighted by atomic mass is 9.63. The Bertz CT molecular complexity index is 1470. The van der Waals surface area contributed by atoms with Crippen LogP contribution < -0.4 is 9.64 Å². The van der Waals surface area contributed by atoms with E-state index in [1.807, 2.05) is 19.1 Å². The molecule has 5 aliphatic rings. The van der Waals surface area contributed by atoms with Crippen molar-refractivity contribution in [3.05, 3.63) is 95.6 Å². The van der Waals surface area contributed by atoms with Crippen molar-refractivity contribution in [3.63, 3.8) is 0 Å². The summed E-state index contributed by atoms with van der Waals surface area (Å²) in [6.07, 6.45) is 5.45. The van der Waals surface area contributed by atoms with Crippen LogP contribution in [0.4, 0.5) is 5.69 Å². The number of esters is 1. The molecule has 2 amide bonds. The highest BCUT2D eigenvalue weighted by atomic mass is 16.5. The van der Waals surface area contributed by atoms with Crippen molar-refractivity contribution in [2.45, 2.75) is 20.3 Å². The summed E-state index contributed by atoms with van der Waals surface area (Å²) in [6, 6.07) is 20.7. The molecule has 0 spiro atoms. The number of carbonyl (C=O) groups is 3. The maximum Gasteiger partial charge on any atom is 0.343 e. The highest BCUT2D eigenvalue weighted by Gasteiger charge is 2.67. The van der Waals surface area contributed by atoms with Gasteiger partial charge in [0, 0.05) is 0 Å². The monoisotopic (exact) mass is 489 g/mol. The number of hydrogen-bond donors (Lipinski definition) is 0. The summed E-state index contributed by atoms with van der Waals surface area (Å²) in [5.41, 5.74) is 4.94. The Morgan fingerprint density at radius 1 is 0.811 bits per heavy atom. The first-order valence-electron chi connectivity index (χ1n) is 13.0. The molecule has 5 heteroatoms. The van der Waals surface area contributed by atoms with Gasteiger partial charge in [-0.2, -0.15) is 0 Å². The smallest absolute Gasteiger partial charge is 0.343 e. The second-order valence-corrected chi connectivity index (χ2v) is 11.0. The fraction of sp³-hybridized carbons (Fsp3) is 0.281. The van der Waals surface area contributed by atoms with Gasteiger partial charge in [-0.15, -0.1) is 0 Å². The minimum absolute atomic E-state index is 0.132. The van der Waals surface area contributed by atoms with E-state index in [9.17, 15) is 14.4 Å². The molecule has 6 atom stereocenters. The number of imide groups is 1. The number of anilines is 1. The SMILES string of the molecule is Cc1ccc(-c2ccc(OC(=O)c3cccc(N4C(=O)[C@@H]5[C@H]6C=C[C@@H]([C@@H]7C[C@H]67)[C@H]5C4=O)c3)c(C)c2)cc1. The maximum atomic E-state index is 13.4. The van der Waals surface area contributed by atoms with Crippen molar-refractivity contribution in [1.82, 2.24) is 0 Å². The molecule has 0 unspecified atom stereocenters. The molecule has 0 radical (unpaired) electrons. The Balaban J connectivity index is 1.12. The largest absolute Gasteiger partial charge is 0.423 e. The van der Waals surface area contributed by atoms with Crippen LogP contribution in [0, 0.1) is 49.4 Å². The highest BCUT2D eigenvalue weighted by molar-refractivity contribution is 6.23. The number of benzene rings is 3. The molecule has 8 rings (SSSR count). The summed E-state index contributed by atoms with van der Waals surface area (Å²) in [5, 5.41) is 0. The molecule has 2 bridgehead atoms. The number of hydrogen-bond acceptors (Lipinski definition) is 4. The Morgan fingerprint density at radius 2 is 1.46 bits per heavy atom. The third-order valence-electron chi connectivity index (χ3n) is 8.77. The van der Waals surface area contributed by atoms with Crippen molar-refractivity contribution in [3.8, 4) is 16.9 Å². The molecule has 1 heterocycles. The number of carbonyl (C=O) groups excluding carboxylic acids is 3. The van der Waals surface area contributed by atoms with Gasteiger partial charge in [-0.25, -0.2) is 9.69 Å². The van der Waals surface area contributed by atoms with E-state index in [1.54, 1.807) is 30.3 Å². The Morgan fingerprint density at radius 3 is 2.11 bits per heavy atom. The first-order valence-corrected chi connectivity index (χ1v) is 13.0. The van der Waals surface area contributed by atoms with Crippen LogP contribution in [-0.2, 0) is 9.59 Å². The number of nitrogens with zero attached hydrogens (tertiary/aromatic N) is 1. The zero-order chi connectivity index (χ0) is 25.4. The molecule has 3 aromatic carbocycles. The molecule has 1 aliphatic heterocycles. The second kappa shape index (κ2) is 8.01. The standard InChI is InChI=1S/C32H27NO4/c1-17-6-8-19(9-7-17)20-10-13-27(18(2)14-20)37-32(36)21-4-3-5-22(15-21)33-30(34)28-23-11-12-24(26-16-25(23)26)29(28)31(33)35/h3-15,23-26,28-29H,16H2,1-2H3/t23-,24-,25-,26+,28+,29+/m0/s1. The van der Waals surface area contributed by atoms with Crippen molar-refractivity contribution in [1.29, 1.82) is 0 Å². The lowest BCUT2D eigenvalue weighted by Crippen LogP contribution is -2.40. The second-order valence-electron chi connectivity index (χ2n) is 11.0. The number of allylic oxidation sites excluding steroid dienone is 2. The minimum atomic E-state index is -0.521. The first-order chi connectivity index (χ1) is 17.9. The van der Waals surface area contributed by atoms with Crippen LogP contribution in [-0.4, -0.2) is 17.8 Å². The lowest BCUT2D eigenvalue weighted by molar-refractivity contribution is -0.124. The summed E-state index contributed by atoms with van der Waals surface area (Å²) in [7, 11) is 0. The van der Waals surface area contributed by atoms with Gasteiger partial charge in [0.25, 0.3) is 0 Å². The number of aryl methyl sites for hydroxylation is 2. The molecular formula is C32H27NO4. The summed E-state index contributed by atoms with van der Waals surface area (Å²) >= 11 is 0. The van der Waals surface area contributed by atoms with Gasteiger partial charge in [0.2, 0.25) is 11.8 Å². The normalized spacial score (nSPS) is 28.8. The van der Waals surface area contributed by atoms with E-state index in [2.05, 4.69) is 43.3 Å². The van der Waals surface area contributed by atoms with Gasteiger partial charge in [0.1, 0.15) is 5.75 Å². The Kier molecular flexibility index (Phi) is 4.81. The molecule has 37 heavy (non-hydrogen) atoms. The van der Waals surface area contributed by atoms with E-state index < -0.39 is 5.97 Å². The highest BCUT2D eigenvalue weighted by Crippen LogP contribution is 2.65. The average molecular weight is 490 g/mol. The zero-order valence-electron chi connectivity index (χ0n) is 20.8. The quantitative estimate of drug-likeness (QED) is 0.203. The molecule has 3 aromatic rings. The van der Waals surface area contributed by atoms with Crippen LogP contribution in [0.2, 0.25) is 0 Å². The van der Waals surface area contributed by atoms with Gasteiger partial charge in [-0.1, -0.05) is 54.1 Å². The van der Waals surface area contributed by atoms with Gasteiger partial charge in [0.15, 0.2) is 0 Å². The summed E-state index contributed by atoms with van der Waals surface area (Å²) in [4.78, 5) is 41.3. The average Bonchev–Trinajstić information content (AvgIpc) is 3.68. The topological polar surface area (TPSA) is 63.7 Å². The van der Waals surface area contributed by atoms with E-state index in [-0.39, 0.29) is 35.5 Å². The molecule has 184 valence electrons. The van der Waals surface area contributed by atoms with Crippen LogP contribution in [0.1, 0.15) is 27.9 Å². The third-order valence-corrected chi connectivity index (χ3v) is 8.77. The zero-order valence-corrected chi connectivity index (χ0v) is 20.8. The maximum absolute atomic E-state index is 13.4. The Hall–Kier alpha value is -3.99. The first kappa shape index (κ1) is 22.2. The predicted molar refractivity (Wildman–Crippen MR) is 140 cm³/mol. The Labute approximate surface area is 215 Å². The van der Waals surface area contributed by atoms with Crippen LogP contribution in [0.3, 0.4) is 0 Å². The third kappa shape index (κ3) is 3.41. The number of rotatable bonds is 4. The molecule has 0 N–H and O–H groups in total. The molecule has 1 saturated heterocycles. The van der Waals surface area contributed by atoms with Crippen LogP contribution in [0.5, 0.6) is 5.75 Å². The van der Waals surface area contributed by atoms with Gasteiger partial charge in [-0.05, 0) is 91.0 Å². The molecule has 0 aromatic heterocycles. The van der Waals surface area contributed by atoms with Crippen LogP contribution in [0.25, 0.3) is 11.1 Å². The minimum Gasteiger partial charge on any atom is -0.423 e. The lowest BCUT2D eigenvalue weighted by Gasteiger charge is -2.37. The molecule has 5 nitrogen and oxygen atoms in total. The van der Waals surface area contributed by atoms with E-state index in [4.69, 9.17) is 4.74 Å². The van der Waals surface area contributed by atoms with Gasteiger partial charge in [-0.3, -0.25) is 9.59 Å². The molecule has 3 fully saturated rings. The molecule has 4 aliphatic carbocycles. The number of ether oxygens (including phenoxy) is 1. The van der Waals surface area contributed by atoms with E-state index in [0.717, 1.165) is 23.1 Å². The number of amides is 2. The van der Waals surface area contributed by atoms with E-state index in [0.29, 0.717) is 28.8 Å². The van der Waals surface area contributed by atoms with Gasteiger partial charge in [0.05, 0.1) is 23.1 Å². The van der Waals surface area contributed by atoms with Gasteiger partial charge >= 0.3 is 5.97 Å². The summed E-state index contributed by atoms with van der Waals surface area (Å²) in [5.74, 6) is 0.597. The van der Waals surface area contributed by atoms with Crippen molar-refractivity contribution in [2.24, 2.45) is 35.5 Å². The fourth-order valence-electron chi connectivity index (χ4n) is 6.83. The summed E-state index contributed by atoms with van der Waals surface area (Å²) in [6.45, 7) is 3.96. The summed E-state index contributed by atoms with van der Waals surface area (Å²) < 4.78 is 5.73. The van der Waals surface area contributed by atoms with Crippen molar-refractivity contribution >= 4 is 23.5 Å². The van der Waals surface area contributed by atoms with E-state index >= 15 is 0 Å². The fourth-order valence-corrected chi connectivity index (χ4v) is 6.83. The predicted octanol–water partition coefficient (Wildman–Crippen LogP) is 5.75. The van der Waals surface area contributed by atoms with Crippen LogP contribution >= 0.6 is 0 Å². The van der Waals surface area contributed by atoms with Gasteiger partial charge < -0.3 is 4.74 Å². The van der Waals surface area contributed by atoms with Crippen molar-refractivity contribution in [2.75, 3.05) is 4.90 Å². The van der Waals surface area contributed by atoms with E-state index in [1.165, 1.54) is 10.5 Å². The molecular weight excluding hydrogens is 462 g/mol. The molecule has 2 saturated carbocycles. The van der Waals surface area contributed by atoms with Crippen LogP contribution in [0.15, 0.2) is 78.9 Å².